The zero-order valence-electron chi connectivity index (χ0n) is 15.6. The third-order valence-electron chi connectivity index (χ3n) is 4.82. The van der Waals surface area contributed by atoms with E-state index >= 15 is 0 Å². The molecule has 0 bridgehead atoms. The minimum atomic E-state index is 0.554. The van der Waals surface area contributed by atoms with Crippen LogP contribution >= 0.6 is 0 Å². The second-order valence-corrected chi connectivity index (χ2v) is 7.40. The topological polar surface area (TPSA) is 21.7 Å². The van der Waals surface area contributed by atoms with Crippen molar-refractivity contribution in [2.75, 3.05) is 20.2 Å². The molecule has 1 aliphatic rings. The number of piperidine rings is 1. The van der Waals surface area contributed by atoms with Gasteiger partial charge in [0.25, 0.3) is 0 Å². The van der Waals surface area contributed by atoms with Crippen molar-refractivity contribution in [3.63, 3.8) is 0 Å². The van der Waals surface area contributed by atoms with Crippen LogP contribution in [0.4, 0.5) is 0 Å². The molecule has 0 unspecified atom stereocenters. The maximum Gasteiger partial charge on any atom is 0.161 e. The number of methoxy groups -OCH3 is 1. The lowest BCUT2D eigenvalue weighted by Gasteiger charge is -2.35. The fourth-order valence-corrected chi connectivity index (χ4v) is 3.85. The first kappa shape index (κ1) is 17.8. The molecule has 134 valence electrons. The van der Waals surface area contributed by atoms with Crippen molar-refractivity contribution in [1.29, 1.82) is 0 Å². The van der Waals surface area contributed by atoms with Crippen molar-refractivity contribution in [3.05, 3.63) is 59.7 Å². The van der Waals surface area contributed by atoms with Crippen LogP contribution in [0.2, 0.25) is 0 Å². The van der Waals surface area contributed by atoms with Crippen LogP contribution < -0.4 is 9.47 Å². The Kier molecular flexibility index (Phi) is 5.98. The molecule has 0 spiro atoms. The fourth-order valence-electron chi connectivity index (χ4n) is 3.85. The van der Waals surface area contributed by atoms with Gasteiger partial charge in [-0.3, -0.25) is 4.90 Å². The Bertz CT molecular complexity index is 661. The number of rotatable bonds is 6. The van der Waals surface area contributed by atoms with E-state index in [9.17, 15) is 0 Å². The molecule has 0 radical (unpaired) electrons. The molecule has 2 aromatic carbocycles. The Morgan fingerprint density at radius 3 is 2.32 bits per heavy atom. The molecule has 2 aromatic rings. The average molecular weight is 339 g/mol. The highest BCUT2D eigenvalue weighted by Gasteiger charge is 2.22. The van der Waals surface area contributed by atoms with Crippen LogP contribution in [0.1, 0.15) is 31.4 Å². The van der Waals surface area contributed by atoms with E-state index in [0.29, 0.717) is 6.61 Å². The predicted molar refractivity (Wildman–Crippen MR) is 102 cm³/mol. The van der Waals surface area contributed by atoms with E-state index in [1.807, 2.05) is 24.3 Å². The molecule has 3 rings (SSSR count). The van der Waals surface area contributed by atoms with Crippen LogP contribution in [0.25, 0.3) is 0 Å². The second-order valence-electron chi connectivity index (χ2n) is 7.40. The first-order chi connectivity index (χ1) is 12.1. The van der Waals surface area contributed by atoms with Gasteiger partial charge in [-0.15, -0.1) is 0 Å². The van der Waals surface area contributed by atoms with E-state index in [-0.39, 0.29) is 0 Å². The molecule has 1 fully saturated rings. The van der Waals surface area contributed by atoms with E-state index < -0.39 is 0 Å². The van der Waals surface area contributed by atoms with Crippen LogP contribution in [-0.4, -0.2) is 25.1 Å². The maximum atomic E-state index is 6.04. The maximum absolute atomic E-state index is 6.04. The summed E-state index contributed by atoms with van der Waals surface area (Å²) in [5, 5.41) is 0. The molecule has 1 aliphatic heterocycles. The van der Waals surface area contributed by atoms with Gasteiger partial charge in [0.1, 0.15) is 6.61 Å². The van der Waals surface area contributed by atoms with Gasteiger partial charge in [-0.05, 0) is 41.5 Å². The number of ether oxygens (including phenoxy) is 2. The molecule has 2 atom stereocenters. The minimum Gasteiger partial charge on any atom is -0.493 e. The van der Waals surface area contributed by atoms with Crippen molar-refractivity contribution in [2.24, 2.45) is 11.8 Å². The zero-order chi connectivity index (χ0) is 17.6. The Labute approximate surface area is 151 Å². The third-order valence-corrected chi connectivity index (χ3v) is 4.82. The molecule has 0 aromatic heterocycles. The molecular formula is C22H29NO2. The number of hydrogen-bond acceptors (Lipinski definition) is 3. The third kappa shape index (κ3) is 4.99. The Balaban J connectivity index is 1.68. The monoisotopic (exact) mass is 339 g/mol. The highest BCUT2D eigenvalue weighted by Crippen LogP contribution is 2.30. The van der Waals surface area contributed by atoms with Crippen molar-refractivity contribution in [1.82, 2.24) is 4.90 Å². The van der Waals surface area contributed by atoms with Crippen molar-refractivity contribution < 1.29 is 9.47 Å². The molecule has 1 heterocycles. The molecule has 3 nitrogen and oxygen atoms in total. The van der Waals surface area contributed by atoms with Crippen molar-refractivity contribution in [3.8, 4) is 11.5 Å². The van der Waals surface area contributed by atoms with Crippen LogP contribution in [-0.2, 0) is 13.2 Å². The molecular weight excluding hydrogens is 310 g/mol. The first-order valence-corrected chi connectivity index (χ1v) is 9.20. The van der Waals surface area contributed by atoms with Gasteiger partial charge in [0, 0.05) is 19.6 Å². The van der Waals surface area contributed by atoms with Crippen molar-refractivity contribution >= 4 is 0 Å². The molecule has 0 saturated carbocycles. The van der Waals surface area contributed by atoms with Gasteiger partial charge >= 0.3 is 0 Å². The van der Waals surface area contributed by atoms with Gasteiger partial charge in [-0.1, -0.05) is 50.2 Å². The lowest BCUT2D eigenvalue weighted by Crippen LogP contribution is -2.38. The molecule has 0 amide bonds. The molecule has 3 heteroatoms. The van der Waals surface area contributed by atoms with E-state index in [1.54, 1.807) is 7.11 Å². The normalized spacial score (nSPS) is 21.1. The van der Waals surface area contributed by atoms with Crippen LogP contribution in [0, 0.1) is 11.8 Å². The van der Waals surface area contributed by atoms with E-state index in [4.69, 9.17) is 9.47 Å². The molecule has 0 N–H and O–H groups in total. The predicted octanol–water partition coefficient (Wildman–Crippen LogP) is 4.75. The molecule has 25 heavy (non-hydrogen) atoms. The lowest BCUT2D eigenvalue weighted by atomic mass is 9.91. The Morgan fingerprint density at radius 1 is 0.920 bits per heavy atom. The smallest absolute Gasteiger partial charge is 0.161 e. The Morgan fingerprint density at radius 2 is 1.64 bits per heavy atom. The quantitative estimate of drug-likeness (QED) is 0.758. The van der Waals surface area contributed by atoms with E-state index in [0.717, 1.165) is 35.4 Å². The van der Waals surface area contributed by atoms with Gasteiger partial charge in [-0.2, -0.15) is 0 Å². The summed E-state index contributed by atoms with van der Waals surface area (Å²) in [5.41, 5.74) is 2.44. The SMILES string of the molecule is COc1ccc(CN2C[C@H](C)C[C@@H](C)C2)cc1OCc1ccccc1. The largest absolute Gasteiger partial charge is 0.493 e. The van der Waals surface area contributed by atoms with E-state index in [2.05, 4.69) is 43.0 Å². The van der Waals surface area contributed by atoms with Gasteiger partial charge in [0.2, 0.25) is 0 Å². The summed E-state index contributed by atoms with van der Waals surface area (Å²) in [5.74, 6) is 3.16. The Hall–Kier alpha value is -2.00. The lowest BCUT2D eigenvalue weighted by molar-refractivity contribution is 0.134. The molecule has 0 aliphatic carbocycles. The number of likely N-dealkylation sites (tertiary alicyclic amines) is 1. The summed E-state index contributed by atoms with van der Waals surface area (Å²) in [4.78, 5) is 2.56. The van der Waals surface area contributed by atoms with Crippen LogP contribution in [0.3, 0.4) is 0 Å². The summed E-state index contributed by atoms with van der Waals surface area (Å²) in [6.45, 7) is 8.59. The van der Waals surface area contributed by atoms with Crippen LogP contribution in [0.15, 0.2) is 48.5 Å². The second kappa shape index (κ2) is 8.39. The van der Waals surface area contributed by atoms with Gasteiger partial charge in [0.15, 0.2) is 11.5 Å². The summed E-state index contributed by atoms with van der Waals surface area (Å²) in [6.07, 6.45) is 1.34. The molecule has 1 saturated heterocycles. The standard InChI is InChI=1S/C22H29NO2/c1-17-11-18(2)14-23(13-17)15-20-9-10-21(24-3)22(12-20)25-16-19-7-5-4-6-8-19/h4-10,12,17-18H,11,13-16H2,1-3H3/t17-,18-/m1/s1. The number of benzene rings is 2. The van der Waals surface area contributed by atoms with Gasteiger partial charge < -0.3 is 9.47 Å². The summed E-state index contributed by atoms with van der Waals surface area (Å²) < 4.78 is 11.5. The highest BCUT2D eigenvalue weighted by atomic mass is 16.5. The number of nitrogens with zero attached hydrogens (tertiary/aromatic N) is 1. The van der Waals surface area contributed by atoms with Gasteiger partial charge in [0.05, 0.1) is 7.11 Å². The fraction of sp³-hybridized carbons (Fsp3) is 0.455. The van der Waals surface area contributed by atoms with E-state index in [1.165, 1.54) is 25.1 Å². The zero-order valence-corrected chi connectivity index (χ0v) is 15.6. The van der Waals surface area contributed by atoms with Crippen LogP contribution in [0.5, 0.6) is 11.5 Å². The first-order valence-electron chi connectivity index (χ1n) is 9.20. The van der Waals surface area contributed by atoms with Gasteiger partial charge in [-0.25, -0.2) is 0 Å². The average Bonchev–Trinajstić information content (AvgIpc) is 2.60. The van der Waals surface area contributed by atoms with Crippen molar-refractivity contribution in [2.45, 2.75) is 33.4 Å². The highest BCUT2D eigenvalue weighted by molar-refractivity contribution is 5.43. The summed E-state index contributed by atoms with van der Waals surface area (Å²) in [7, 11) is 1.69. The summed E-state index contributed by atoms with van der Waals surface area (Å²) >= 11 is 0. The summed E-state index contributed by atoms with van der Waals surface area (Å²) in [6, 6.07) is 16.5. The number of hydrogen-bond donors (Lipinski definition) is 0. The minimum absolute atomic E-state index is 0.554.